The van der Waals surface area contributed by atoms with Gasteiger partial charge >= 0.3 is 0 Å². The van der Waals surface area contributed by atoms with E-state index in [1.807, 2.05) is 0 Å². The highest BCUT2D eigenvalue weighted by Crippen LogP contribution is 2.21. The van der Waals surface area contributed by atoms with E-state index in [0.29, 0.717) is 17.0 Å². The van der Waals surface area contributed by atoms with Gasteiger partial charge in [-0.15, -0.1) is 0 Å². The third kappa shape index (κ3) is 4.93. The summed E-state index contributed by atoms with van der Waals surface area (Å²) in [5, 5.41) is 13.7. The number of rotatable bonds is 7. The number of anilines is 1. The maximum atomic E-state index is 13.0. The molecule has 1 heterocycles. The van der Waals surface area contributed by atoms with E-state index in [1.165, 1.54) is 49.8 Å². The van der Waals surface area contributed by atoms with Gasteiger partial charge in [0, 0.05) is 41.8 Å². The van der Waals surface area contributed by atoms with E-state index in [2.05, 4.69) is 10.3 Å². The third-order valence-corrected chi connectivity index (χ3v) is 4.13. The third-order valence-electron chi connectivity index (χ3n) is 4.13. The number of hydrogen-bond acceptors (Lipinski definition) is 6. The van der Waals surface area contributed by atoms with Gasteiger partial charge in [0.05, 0.1) is 17.6 Å². The molecule has 0 saturated carbocycles. The maximum absolute atomic E-state index is 13.0. The molecule has 0 radical (unpaired) electrons. The van der Waals surface area contributed by atoms with Gasteiger partial charge in [-0.05, 0) is 35.9 Å². The van der Waals surface area contributed by atoms with Crippen LogP contribution in [-0.4, -0.2) is 28.7 Å². The van der Waals surface area contributed by atoms with Crippen molar-refractivity contribution in [3.63, 3.8) is 0 Å². The van der Waals surface area contributed by atoms with Crippen molar-refractivity contribution in [2.75, 3.05) is 12.4 Å². The molecule has 0 unspecified atom stereocenters. The summed E-state index contributed by atoms with van der Waals surface area (Å²) in [5.41, 5.74) is 0.659. The van der Waals surface area contributed by atoms with E-state index in [1.54, 1.807) is 36.4 Å². The molecule has 3 rings (SSSR count). The molecule has 2 aromatic carbocycles. The Morgan fingerprint density at radius 2 is 1.90 bits per heavy atom. The molecule has 0 aliphatic carbocycles. The number of benzene rings is 2. The van der Waals surface area contributed by atoms with Crippen LogP contribution in [0.1, 0.15) is 15.9 Å². The molecule has 30 heavy (non-hydrogen) atoms. The second-order valence-corrected chi connectivity index (χ2v) is 6.17. The Labute approximate surface area is 172 Å². The van der Waals surface area contributed by atoms with E-state index in [-0.39, 0.29) is 16.8 Å². The predicted molar refractivity (Wildman–Crippen MR) is 111 cm³/mol. The summed E-state index contributed by atoms with van der Waals surface area (Å²) in [7, 11) is 1.50. The van der Waals surface area contributed by atoms with Gasteiger partial charge < -0.3 is 10.1 Å². The van der Waals surface area contributed by atoms with Crippen LogP contribution >= 0.6 is 0 Å². The maximum Gasteiger partial charge on any atom is 0.270 e. The highest BCUT2D eigenvalue weighted by molar-refractivity contribution is 6.31. The van der Waals surface area contributed by atoms with Crippen molar-refractivity contribution in [2.45, 2.75) is 0 Å². The lowest BCUT2D eigenvalue weighted by Gasteiger charge is -2.10. The number of nitro benzene ring substituents is 1. The van der Waals surface area contributed by atoms with Crippen LogP contribution in [0.4, 0.5) is 11.4 Å². The first kappa shape index (κ1) is 20.4. The lowest BCUT2D eigenvalue weighted by molar-refractivity contribution is -0.384. The van der Waals surface area contributed by atoms with Crippen molar-refractivity contribution < 1.29 is 19.2 Å². The van der Waals surface area contributed by atoms with E-state index < -0.39 is 16.6 Å². The number of carbonyl (C=O) groups is 2. The number of carbonyl (C=O) groups excluding carboxylic acids is 2. The minimum Gasteiger partial charge on any atom is -0.497 e. The van der Waals surface area contributed by atoms with Gasteiger partial charge in [0.1, 0.15) is 5.75 Å². The first-order valence-corrected chi connectivity index (χ1v) is 8.84. The number of Topliss-reactive ketones (excluding diaryl/α,β-unsaturated/α-hetero) is 1. The summed E-state index contributed by atoms with van der Waals surface area (Å²) in [6.45, 7) is 0. The van der Waals surface area contributed by atoms with Crippen molar-refractivity contribution >= 4 is 29.1 Å². The number of nitro groups is 1. The number of amides is 1. The molecular formula is C22H17N3O5. The highest BCUT2D eigenvalue weighted by atomic mass is 16.6. The topological polar surface area (TPSA) is 111 Å². The molecule has 1 amide bonds. The molecule has 8 nitrogen and oxygen atoms in total. The second-order valence-electron chi connectivity index (χ2n) is 6.17. The monoisotopic (exact) mass is 403 g/mol. The number of methoxy groups -OCH3 is 1. The first-order valence-electron chi connectivity index (χ1n) is 8.84. The zero-order valence-corrected chi connectivity index (χ0v) is 15.9. The van der Waals surface area contributed by atoms with Crippen LogP contribution in [0.3, 0.4) is 0 Å². The molecule has 8 heteroatoms. The highest BCUT2D eigenvalue weighted by Gasteiger charge is 2.21. The van der Waals surface area contributed by atoms with Gasteiger partial charge in [-0.3, -0.25) is 24.7 Å². The van der Waals surface area contributed by atoms with E-state index in [4.69, 9.17) is 4.74 Å². The molecule has 0 saturated heterocycles. The van der Waals surface area contributed by atoms with Crippen LogP contribution in [0.15, 0.2) is 78.6 Å². The number of ketones is 1. The Hall–Kier alpha value is -4.33. The molecule has 150 valence electrons. The summed E-state index contributed by atoms with van der Waals surface area (Å²) < 4.78 is 5.14. The summed E-state index contributed by atoms with van der Waals surface area (Å²) in [5.74, 6) is -0.686. The van der Waals surface area contributed by atoms with Gasteiger partial charge in [0.25, 0.3) is 11.6 Å². The minimum absolute atomic E-state index is 0.148. The van der Waals surface area contributed by atoms with Crippen molar-refractivity contribution in [2.24, 2.45) is 0 Å². The Balaban J connectivity index is 2.00. The second kappa shape index (κ2) is 9.24. The van der Waals surface area contributed by atoms with Gasteiger partial charge in [0.2, 0.25) is 0 Å². The largest absolute Gasteiger partial charge is 0.497 e. The normalized spacial score (nSPS) is 10.9. The van der Waals surface area contributed by atoms with E-state index in [9.17, 15) is 19.7 Å². The molecule has 0 aliphatic rings. The Morgan fingerprint density at radius 3 is 2.60 bits per heavy atom. The Kier molecular flexibility index (Phi) is 6.29. The van der Waals surface area contributed by atoms with Gasteiger partial charge in [-0.2, -0.15) is 0 Å². The average molecular weight is 403 g/mol. The smallest absolute Gasteiger partial charge is 0.270 e. The molecule has 3 aromatic rings. The molecule has 0 bridgehead atoms. The minimum atomic E-state index is -0.663. The predicted octanol–water partition coefficient (Wildman–Crippen LogP) is 3.90. The fourth-order valence-electron chi connectivity index (χ4n) is 2.68. The van der Waals surface area contributed by atoms with Crippen molar-refractivity contribution in [1.82, 2.24) is 4.98 Å². The number of nitrogens with one attached hydrogen (secondary N) is 1. The van der Waals surface area contributed by atoms with Crippen LogP contribution in [0, 0.1) is 10.1 Å². The summed E-state index contributed by atoms with van der Waals surface area (Å²) in [6, 6.07) is 15.5. The van der Waals surface area contributed by atoms with Crippen LogP contribution in [0.2, 0.25) is 0 Å². The van der Waals surface area contributed by atoms with Crippen molar-refractivity contribution in [3.8, 4) is 5.75 Å². The number of nitrogens with zero attached hydrogens (tertiary/aromatic N) is 2. The standard InChI is InChI=1S/C22H17N3O5/c1-30-19-9-3-7-17(13-19)24-22(27)20(21(26)16-6-4-10-23-14-16)12-15-5-2-8-18(11-15)25(28)29/h2-14H,1H3,(H,24,27)/b20-12+. The average Bonchev–Trinajstić information content (AvgIpc) is 2.77. The quantitative estimate of drug-likeness (QED) is 0.160. The Bertz CT molecular complexity index is 1130. The van der Waals surface area contributed by atoms with Gasteiger partial charge in [-0.1, -0.05) is 18.2 Å². The molecule has 1 N–H and O–H groups in total. The molecule has 0 atom stereocenters. The lowest BCUT2D eigenvalue weighted by atomic mass is 10.0. The molecule has 0 spiro atoms. The van der Waals surface area contributed by atoms with Gasteiger partial charge in [0.15, 0.2) is 5.78 Å². The Morgan fingerprint density at radius 1 is 1.10 bits per heavy atom. The van der Waals surface area contributed by atoms with E-state index >= 15 is 0 Å². The fourth-order valence-corrected chi connectivity index (χ4v) is 2.68. The van der Waals surface area contributed by atoms with E-state index in [0.717, 1.165) is 0 Å². The number of aromatic nitrogens is 1. The van der Waals surface area contributed by atoms with Crippen LogP contribution < -0.4 is 10.1 Å². The van der Waals surface area contributed by atoms with Crippen LogP contribution in [0.5, 0.6) is 5.75 Å². The number of hydrogen-bond donors (Lipinski definition) is 1. The zero-order chi connectivity index (χ0) is 21.5. The molecule has 0 aliphatic heterocycles. The molecule has 1 aromatic heterocycles. The van der Waals surface area contributed by atoms with Crippen LogP contribution in [0.25, 0.3) is 6.08 Å². The summed E-state index contributed by atoms with van der Waals surface area (Å²) >= 11 is 0. The lowest BCUT2D eigenvalue weighted by Crippen LogP contribution is -2.21. The summed E-state index contributed by atoms with van der Waals surface area (Å²) in [6.07, 6.45) is 4.18. The van der Waals surface area contributed by atoms with Crippen LogP contribution in [-0.2, 0) is 4.79 Å². The molecular weight excluding hydrogens is 386 g/mol. The summed E-state index contributed by atoms with van der Waals surface area (Å²) in [4.78, 5) is 40.4. The number of ether oxygens (including phenoxy) is 1. The molecule has 0 fully saturated rings. The first-order chi connectivity index (χ1) is 14.5. The fraction of sp³-hybridized carbons (Fsp3) is 0.0455. The SMILES string of the molecule is COc1cccc(NC(=O)/C(=C/c2cccc([N+](=O)[O-])c2)C(=O)c2cccnc2)c1. The zero-order valence-electron chi connectivity index (χ0n) is 15.9. The van der Waals surface area contributed by atoms with Gasteiger partial charge in [-0.25, -0.2) is 0 Å². The number of pyridine rings is 1. The van der Waals surface area contributed by atoms with Crippen molar-refractivity contribution in [3.05, 3.63) is 99.9 Å². The number of non-ortho nitro benzene ring substituents is 1. The van der Waals surface area contributed by atoms with Crippen molar-refractivity contribution in [1.29, 1.82) is 0 Å².